The van der Waals surface area contributed by atoms with Gasteiger partial charge in [-0.1, -0.05) is 44.7 Å². The molecule has 2 bridgehead atoms. The number of ether oxygens (including phenoxy) is 3. The van der Waals surface area contributed by atoms with Gasteiger partial charge >= 0.3 is 6.09 Å². The number of hydrogen-bond donors (Lipinski definition) is 1. The van der Waals surface area contributed by atoms with Crippen LogP contribution in [0.25, 0.3) is 0 Å². The Hall–Kier alpha value is -3.16. The summed E-state index contributed by atoms with van der Waals surface area (Å²) in [5.74, 6) is -0.993. The van der Waals surface area contributed by atoms with E-state index < -0.39 is 5.82 Å². The molecule has 9 nitrogen and oxygen atoms in total. The summed E-state index contributed by atoms with van der Waals surface area (Å²) in [6.45, 7) is 6.25. The van der Waals surface area contributed by atoms with Crippen molar-refractivity contribution in [2.75, 3.05) is 38.2 Å². The molecule has 3 heterocycles. The number of aromatic nitrogens is 2. The molecule has 4 rings (SSSR count). The number of hydrogen-bond acceptors (Lipinski definition) is 8. The quantitative estimate of drug-likeness (QED) is 0.413. The third kappa shape index (κ3) is 6.63. The number of unbranched alkanes of at least 4 members (excludes halogenated alkanes) is 1. The molecule has 3 unspecified atom stereocenters. The van der Waals surface area contributed by atoms with E-state index in [0.717, 1.165) is 25.7 Å². The number of amides is 1. The van der Waals surface area contributed by atoms with Gasteiger partial charge in [0.2, 0.25) is 5.82 Å². The molecule has 2 saturated heterocycles. The van der Waals surface area contributed by atoms with E-state index in [1.165, 1.54) is 12.4 Å². The lowest BCUT2D eigenvalue weighted by atomic mass is 9.84. The van der Waals surface area contributed by atoms with Gasteiger partial charge in [-0.3, -0.25) is 0 Å². The first-order valence-electron chi connectivity index (χ1n) is 13.1. The molecule has 3 atom stereocenters. The van der Waals surface area contributed by atoms with Crippen LogP contribution in [0.5, 0.6) is 5.88 Å². The van der Waals surface area contributed by atoms with Gasteiger partial charge in [0, 0.05) is 24.9 Å². The summed E-state index contributed by atoms with van der Waals surface area (Å²) in [4.78, 5) is 22.5. The second kappa shape index (κ2) is 13.1. The van der Waals surface area contributed by atoms with Crippen LogP contribution in [-0.4, -0.2) is 60.0 Å². The molecule has 1 aromatic carbocycles. The summed E-state index contributed by atoms with van der Waals surface area (Å²) in [5, 5.41) is 12.1. The SMILES string of the molecule is CCCCC(CC)COC(=O)N1CC2COCC(C1)C2Oc1ncnc(Nc2ccc(C#N)cc2Cl)c1F. The molecule has 38 heavy (non-hydrogen) atoms. The average molecular weight is 546 g/mol. The van der Waals surface area contributed by atoms with Gasteiger partial charge in [-0.25, -0.2) is 9.78 Å². The number of piperidine rings is 1. The molecule has 2 aromatic rings. The van der Waals surface area contributed by atoms with Gasteiger partial charge in [0.15, 0.2) is 5.82 Å². The van der Waals surface area contributed by atoms with Crippen LogP contribution in [0.1, 0.15) is 45.1 Å². The van der Waals surface area contributed by atoms with E-state index in [-0.39, 0.29) is 40.8 Å². The third-order valence-electron chi connectivity index (χ3n) is 7.10. The number of nitrogens with zero attached hydrogens (tertiary/aromatic N) is 4. The Morgan fingerprint density at radius 2 is 2.08 bits per heavy atom. The summed E-state index contributed by atoms with van der Waals surface area (Å²) in [6, 6.07) is 6.62. The number of likely N-dealkylation sites (tertiary alicyclic amines) is 1. The molecule has 11 heteroatoms. The van der Waals surface area contributed by atoms with Gasteiger partial charge in [-0.2, -0.15) is 14.6 Å². The predicted octanol–water partition coefficient (Wildman–Crippen LogP) is 5.56. The number of carbonyl (C=O) groups is 1. The third-order valence-corrected chi connectivity index (χ3v) is 7.42. The van der Waals surface area contributed by atoms with E-state index in [1.54, 1.807) is 17.0 Å². The fraction of sp³-hybridized carbons (Fsp3) is 0.556. The summed E-state index contributed by atoms with van der Waals surface area (Å²) >= 11 is 6.21. The molecule has 1 aromatic heterocycles. The first-order valence-corrected chi connectivity index (χ1v) is 13.4. The molecule has 0 radical (unpaired) electrons. The molecule has 204 valence electrons. The Kier molecular flexibility index (Phi) is 9.58. The Balaban J connectivity index is 1.40. The zero-order valence-electron chi connectivity index (χ0n) is 21.7. The molecule has 1 N–H and O–H groups in total. The molecule has 1 amide bonds. The molecule has 2 aliphatic rings. The van der Waals surface area contributed by atoms with Crippen LogP contribution < -0.4 is 10.1 Å². The summed E-state index contributed by atoms with van der Waals surface area (Å²) in [6.07, 6.45) is 4.77. The van der Waals surface area contributed by atoms with E-state index in [9.17, 15) is 4.79 Å². The van der Waals surface area contributed by atoms with Crippen molar-refractivity contribution in [3.63, 3.8) is 0 Å². The summed E-state index contributed by atoms with van der Waals surface area (Å²) in [7, 11) is 0. The lowest BCUT2D eigenvalue weighted by Crippen LogP contribution is -2.58. The zero-order valence-corrected chi connectivity index (χ0v) is 22.4. The zero-order chi connectivity index (χ0) is 27.1. The molecule has 0 saturated carbocycles. The first kappa shape index (κ1) is 27.9. The number of anilines is 2. The summed E-state index contributed by atoms with van der Waals surface area (Å²) < 4.78 is 32.8. The number of nitrogens with one attached hydrogen (secondary N) is 1. The average Bonchev–Trinajstić information content (AvgIpc) is 2.91. The molecule has 2 aliphatic heterocycles. The predicted molar refractivity (Wildman–Crippen MR) is 140 cm³/mol. The second-order valence-electron chi connectivity index (χ2n) is 9.81. The topological polar surface area (TPSA) is 110 Å². The fourth-order valence-electron chi connectivity index (χ4n) is 4.88. The highest BCUT2D eigenvalue weighted by Gasteiger charge is 2.44. The number of halogens is 2. The van der Waals surface area contributed by atoms with E-state index >= 15 is 4.39 Å². The maximum Gasteiger partial charge on any atom is 0.409 e. The van der Waals surface area contributed by atoms with Crippen molar-refractivity contribution in [1.82, 2.24) is 14.9 Å². The number of carbonyl (C=O) groups excluding carboxylic acids is 1. The number of fused-ring (bicyclic) bond motifs is 2. The Bertz CT molecular complexity index is 1150. The van der Waals surface area contributed by atoms with Crippen LogP contribution in [0, 0.1) is 34.9 Å². The van der Waals surface area contributed by atoms with Crippen molar-refractivity contribution < 1.29 is 23.4 Å². The molecule has 0 spiro atoms. The van der Waals surface area contributed by atoms with Crippen LogP contribution >= 0.6 is 11.6 Å². The smallest absolute Gasteiger partial charge is 0.409 e. The van der Waals surface area contributed by atoms with Gasteiger partial charge in [0.05, 0.1) is 42.2 Å². The van der Waals surface area contributed by atoms with E-state index in [2.05, 4.69) is 29.1 Å². The van der Waals surface area contributed by atoms with Crippen molar-refractivity contribution in [2.45, 2.75) is 45.6 Å². The standard InChI is InChI=1S/C27H33ClFN5O4/c1-3-5-6-17(4-2)13-37-27(35)34-11-19-14-36-15-20(12-34)24(19)38-26-23(29)25(31-16-32-26)33-22-8-7-18(10-30)9-21(22)28/h7-9,16-17,19-20,24H,3-6,11-15H2,1-2H3,(H,31,32,33). The van der Waals surface area contributed by atoms with Gasteiger partial charge in [-0.15, -0.1) is 0 Å². The Labute approximate surface area is 227 Å². The van der Waals surface area contributed by atoms with E-state index in [0.29, 0.717) is 50.1 Å². The minimum Gasteiger partial charge on any atom is -0.471 e. The van der Waals surface area contributed by atoms with Crippen molar-refractivity contribution in [2.24, 2.45) is 17.8 Å². The summed E-state index contributed by atoms with van der Waals surface area (Å²) in [5.41, 5.74) is 0.782. The van der Waals surface area contributed by atoms with Crippen LogP contribution in [0.15, 0.2) is 24.5 Å². The molecule has 0 aliphatic carbocycles. The lowest BCUT2D eigenvalue weighted by molar-refractivity contribution is -0.111. The minimum atomic E-state index is -0.758. The highest BCUT2D eigenvalue weighted by molar-refractivity contribution is 6.33. The van der Waals surface area contributed by atoms with Gasteiger partial charge in [0.1, 0.15) is 12.4 Å². The Morgan fingerprint density at radius 1 is 1.32 bits per heavy atom. The molecule has 2 fully saturated rings. The van der Waals surface area contributed by atoms with Crippen LogP contribution in [0.4, 0.5) is 20.7 Å². The fourth-order valence-corrected chi connectivity index (χ4v) is 5.11. The van der Waals surface area contributed by atoms with Gasteiger partial charge in [-0.05, 0) is 30.5 Å². The maximum atomic E-state index is 15.3. The van der Waals surface area contributed by atoms with Crippen molar-refractivity contribution in [1.29, 1.82) is 5.26 Å². The van der Waals surface area contributed by atoms with E-state index in [4.69, 9.17) is 31.1 Å². The molecular formula is C27H33ClFN5O4. The monoisotopic (exact) mass is 545 g/mol. The lowest BCUT2D eigenvalue weighted by Gasteiger charge is -2.45. The maximum absolute atomic E-state index is 15.3. The van der Waals surface area contributed by atoms with Crippen molar-refractivity contribution in [3.8, 4) is 11.9 Å². The van der Waals surface area contributed by atoms with E-state index in [1.807, 2.05) is 6.07 Å². The highest BCUT2D eigenvalue weighted by Crippen LogP contribution is 2.34. The number of benzene rings is 1. The number of nitriles is 1. The highest BCUT2D eigenvalue weighted by atomic mass is 35.5. The molecular weight excluding hydrogens is 513 g/mol. The minimum absolute atomic E-state index is 0.0995. The second-order valence-corrected chi connectivity index (χ2v) is 10.2. The number of rotatable bonds is 10. The van der Waals surface area contributed by atoms with Crippen molar-refractivity contribution in [3.05, 3.63) is 40.9 Å². The van der Waals surface area contributed by atoms with Gasteiger partial charge in [0.25, 0.3) is 5.88 Å². The Morgan fingerprint density at radius 3 is 2.74 bits per heavy atom. The van der Waals surface area contributed by atoms with Crippen LogP contribution in [0.3, 0.4) is 0 Å². The van der Waals surface area contributed by atoms with Gasteiger partial charge < -0.3 is 24.4 Å². The first-order chi connectivity index (χ1) is 18.4. The van der Waals surface area contributed by atoms with Crippen molar-refractivity contribution >= 4 is 29.2 Å². The largest absolute Gasteiger partial charge is 0.471 e. The van der Waals surface area contributed by atoms with Crippen LogP contribution in [0.2, 0.25) is 5.02 Å². The normalized spacial score (nSPS) is 21.3. The van der Waals surface area contributed by atoms with Crippen LogP contribution in [-0.2, 0) is 9.47 Å².